The first-order valence-corrected chi connectivity index (χ1v) is 7.24. The highest BCUT2D eigenvalue weighted by molar-refractivity contribution is 5.40. The minimum absolute atomic E-state index is 0.653. The van der Waals surface area contributed by atoms with Gasteiger partial charge >= 0.3 is 0 Å². The van der Waals surface area contributed by atoms with Crippen LogP contribution in [0.25, 0.3) is 0 Å². The molecule has 0 aliphatic carbocycles. The molecule has 0 saturated carbocycles. The van der Waals surface area contributed by atoms with E-state index in [-0.39, 0.29) is 0 Å². The van der Waals surface area contributed by atoms with Gasteiger partial charge in [0.1, 0.15) is 0 Å². The molecule has 0 aliphatic rings. The van der Waals surface area contributed by atoms with Crippen LogP contribution >= 0.6 is 0 Å². The molecule has 0 unspecified atom stereocenters. The highest BCUT2D eigenvalue weighted by Crippen LogP contribution is 2.14. The Morgan fingerprint density at radius 3 is 2.20 bits per heavy atom. The maximum absolute atomic E-state index is 5.87. The first kappa shape index (κ1) is 14.6. The van der Waals surface area contributed by atoms with E-state index in [1.54, 1.807) is 0 Å². The number of anilines is 1. The average Bonchev–Trinajstić information content (AvgIpc) is 2.39. The van der Waals surface area contributed by atoms with Crippen molar-refractivity contribution in [3.8, 4) is 0 Å². The van der Waals surface area contributed by atoms with E-state index in [1.807, 2.05) is 12.1 Å². The number of nitrogens with zero attached hydrogens (tertiary/aromatic N) is 1. The summed E-state index contributed by atoms with van der Waals surface area (Å²) in [6.07, 6.45) is 0. The highest BCUT2D eigenvalue weighted by Gasteiger charge is 2.09. The molecule has 0 spiro atoms. The van der Waals surface area contributed by atoms with Crippen LogP contribution in [-0.4, -0.2) is 11.4 Å². The Morgan fingerprint density at radius 2 is 1.55 bits per heavy atom. The zero-order chi connectivity index (χ0) is 14.4. The molecule has 0 radical (unpaired) electrons. The van der Waals surface area contributed by atoms with E-state index in [0.29, 0.717) is 5.92 Å². The summed E-state index contributed by atoms with van der Waals surface area (Å²) in [7, 11) is 0. The molecule has 0 amide bonds. The number of benzene rings is 2. The predicted octanol–water partition coefficient (Wildman–Crippen LogP) is 3.93. The fraction of sp³-hybridized carbons (Fsp3) is 0.333. The number of rotatable bonds is 6. The molecule has 2 nitrogen and oxygen atoms in total. The average molecular weight is 268 g/mol. The summed E-state index contributed by atoms with van der Waals surface area (Å²) in [6.45, 7) is 7.53. The van der Waals surface area contributed by atoms with Gasteiger partial charge < -0.3 is 5.73 Å². The molecule has 0 heterocycles. The van der Waals surface area contributed by atoms with E-state index >= 15 is 0 Å². The molecule has 0 aromatic heterocycles. The van der Waals surface area contributed by atoms with Gasteiger partial charge in [0.2, 0.25) is 0 Å². The van der Waals surface area contributed by atoms with Crippen LogP contribution in [0.4, 0.5) is 5.69 Å². The largest absolute Gasteiger partial charge is 0.399 e. The Hall–Kier alpha value is -1.80. The van der Waals surface area contributed by atoms with Crippen LogP contribution in [0.5, 0.6) is 0 Å². The number of hydrogen-bond donors (Lipinski definition) is 1. The van der Waals surface area contributed by atoms with Crippen LogP contribution < -0.4 is 5.73 Å². The SMILES string of the molecule is CC(C)CN(Cc1ccccc1)Cc1cccc(N)c1. The lowest BCUT2D eigenvalue weighted by atomic mass is 10.1. The van der Waals surface area contributed by atoms with Gasteiger partial charge in [0.05, 0.1) is 0 Å². The molecule has 0 atom stereocenters. The molecule has 0 bridgehead atoms. The first-order chi connectivity index (χ1) is 9.63. The maximum Gasteiger partial charge on any atom is 0.0317 e. The molecule has 106 valence electrons. The lowest BCUT2D eigenvalue weighted by Crippen LogP contribution is -2.27. The summed E-state index contributed by atoms with van der Waals surface area (Å²) in [4.78, 5) is 2.48. The van der Waals surface area contributed by atoms with Crippen LogP contribution in [0.15, 0.2) is 54.6 Å². The molecule has 2 aromatic rings. The molecule has 20 heavy (non-hydrogen) atoms. The van der Waals surface area contributed by atoms with Crippen molar-refractivity contribution in [2.24, 2.45) is 5.92 Å². The minimum atomic E-state index is 0.653. The quantitative estimate of drug-likeness (QED) is 0.804. The van der Waals surface area contributed by atoms with Crippen LogP contribution in [0.1, 0.15) is 25.0 Å². The second-order valence-electron chi connectivity index (χ2n) is 5.79. The predicted molar refractivity (Wildman–Crippen MR) is 86.2 cm³/mol. The Labute approximate surface area is 122 Å². The summed E-state index contributed by atoms with van der Waals surface area (Å²) >= 11 is 0. The van der Waals surface area contributed by atoms with Gasteiger partial charge in [-0.1, -0.05) is 56.3 Å². The maximum atomic E-state index is 5.87. The van der Waals surface area contributed by atoms with Gasteiger partial charge in [-0.15, -0.1) is 0 Å². The summed E-state index contributed by atoms with van der Waals surface area (Å²) < 4.78 is 0. The summed E-state index contributed by atoms with van der Waals surface area (Å²) in [5, 5.41) is 0. The van der Waals surface area contributed by atoms with E-state index in [1.165, 1.54) is 11.1 Å². The van der Waals surface area contributed by atoms with Gasteiger partial charge in [0.15, 0.2) is 0 Å². The summed E-state index contributed by atoms with van der Waals surface area (Å²) in [5.74, 6) is 0.653. The van der Waals surface area contributed by atoms with Crippen molar-refractivity contribution in [2.45, 2.75) is 26.9 Å². The van der Waals surface area contributed by atoms with Crippen molar-refractivity contribution in [3.63, 3.8) is 0 Å². The second kappa shape index (κ2) is 7.11. The molecular formula is C18H24N2. The number of nitrogen functional groups attached to an aromatic ring is 1. The van der Waals surface area contributed by atoms with Crippen LogP contribution in [0, 0.1) is 5.92 Å². The van der Waals surface area contributed by atoms with Gasteiger partial charge in [-0.05, 0) is 29.2 Å². The zero-order valence-corrected chi connectivity index (χ0v) is 12.4. The Morgan fingerprint density at radius 1 is 0.900 bits per heavy atom. The molecule has 2 heteroatoms. The van der Waals surface area contributed by atoms with Crippen LogP contribution in [0.2, 0.25) is 0 Å². The van der Waals surface area contributed by atoms with E-state index < -0.39 is 0 Å². The fourth-order valence-electron chi connectivity index (χ4n) is 2.49. The second-order valence-corrected chi connectivity index (χ2v) is 5.79. The third kappa shape index (κ3) is 4.71. The van der Waals surface area contributed by atoms with Gasteiger partial charge in [0, 0.05) is 25.3 Å². The van der Waals surface area contributed by atoms with Crippen LogP contribution in [0.3, 0.4) is 0 Å². The highest BCUT2D eigenvalue weighted by atomic mass is 15.1. The van der Waals surface area contributed by atoms with E-state index in [4.69, 9.17) is 5.73 Å². The first-order valence-electron chi connectivity index (χ1n) is 7.24. The minimum Gasteiger partial charge on any atom is -0.399 e. The molecule has 0 fully saturated rings. The standard InChI is InChI=1S/C18H24N2/c1-15(2)12-20(13-16-7-4-3-5-8-16)14-17-9-6-10-18(19)11-17/h3-11,15H,12-14,19H2,1-2H3. The normalized spacial score (nSPS) is 11.2. The molecule has 2 rings (SSSR count). The van der Waals surface area contributed by atoms with Gasteiger partial charge in [0.25, 0.3) is 0 Å². The lowest BCUT2D eigenvalue weighted by Gasteiger charge is -2.24. The Balaban J connectivity index is 2.07. The topological polar surface area (TPSA) is 29.3 Å². The molecular weight excluding hydrogens is 244 g/mol. The van der Waals surface area contributed by atoms with Crippen molar-refractivity contribution >= 4 is 5.69 Å². The molecule has 2 aromatic carbocycles. The molecule has 2 N–H and O–H groups in total. The molecule has 0 aliphatic heterocycles. The summed E-state index contributed by atoms with van der Waals surface area (Å²) in [6, 6.07) is 18.8. The lowest BCUT2D eigenvalue weighted by molar-refractivity contribution is 0.228. The van der Waals surface area contributed by atoms with Crippen molar-refractivity contribution in [2.75, 3.05) is 12.3 Å². The van der Waals surface area contributed by atoms with Gasteiger partial charge in [-0.25, -0.2) is 0 Å². The van der Waals surface area contributed by atoms with Gasteiger partial charge in [-0.3, -0.25) is 4.90 Å². The number of nitrogens with two attached hydrogens (primary N) is 1. The monoisotopic (exact) mass is 268 g/mol. The Bertz CT molecular complexity index is 520. The van der Waals surface area contributed by atoms with Crippen molar-refractivity contribution in [1.82, 2.24) is 4.90 Å². The third-order valence-corrected chi connectivity index (χ3v) is 3.23. The van der Waals surface area contributed by atoms with Crippen LogP contribution in [-0.2, 0) is 13.1 Å². The van der Waals surface area contributed by atoms with Crippen molar-refractivity contribution in [3.05, 3.63) is 65.7 Å². The number of hydrogen-bond acceptors (Lipinski definition) is 2. The fourth-order valence-corrected chi connectivity index (χ4v) is 2.49. The van der Waals surface area contributed by atoms with E-state index in [0.717, 1.165) is 25.3 Å². The van der Waals surface area contributed by atoms with Crippen molar-refractivity contribution < 1.29 is 0 Å². The molecule has 0 saturated heterocycles. The van der Waals surface area contributed by atoms with E-state index in [2.05, 4.69) is 61.2 Å². The Kier molecular flexibility index (Phi) is 5.19. The smallest absolute Gasteiger partial charge is 0.0317 e. The van der Waals surface area contributed by atoms with Crippen molar-refractivity contribution in [1.29, 1.82) is 0 Å². The van der Waals surface area contributed by atoms with Gasteiger partial charge in [-0.2, -0.15) is 0 Å². The zero-order valence-electron chi connectivity index (χ0n) is 12.4. The third-order valence-electron chi connectivity index (χ3n) is 3.23. The summed E-state index contributed by atoms with van der Waals surface area (Å²) in [5.41, 5.74) is 9.35. The van der Waals surface area contributed by atoms with E-state index in [9.17, 15) is 0 Å².